The van der Waals surface area contributed by atoms with E-state index in [9.17, 15) is 19.1 Å². The third-order valence-electron chi connectivity index (χ3n) is 5.51. The fraction of sp³-hybridized carbons (Fsp3) is 0.120. The van der Waals surface area contributed by atoms with Gasteiger partial charge in [0.1, 0.15) is 11.6 Å². The van der Waals surface area contributed by atoms with Crippen molar-refractivity contribution >= 4 is 51.5 Å². The van der Waals surface area contributed by atoms with E-state index in [-0.39, 0.29) is 16.5 Å². The number of benzene rings is 2. The Labute approximate surface area is 218 Å². The first-order valence-electron chi connectivity index (χ1n) is 10.7. The van der Waals surface area contributed by atoms with Crippen molar-refractivity contribution in [2.75, 3.05) is 4.90 Å². The number of amides is 1. The number of Topliss-reactive ketones (excluding diaryl/α,β-unsaturated/α-hetero) is 1. The van der Waals surface area contributed by atoms with Crippen LogP contribution in [0.2, 0.25) is 5.02 Å². The van der Waals surface area contributed by atoms with Crippen LogP contribution in [0, 0.1) is 12.7 Å². The van der Waals surface area contributed by atoms with Crippen LogP contribution in [0.25, 0.3) is 0 Å². The normalized spacial score (nSPS) is 15.7. The molecule has 0 spiro atoms. The molecule has 0 fully saturated rings. The van der Waals surface area contributed by atoms with E-state index in [1.54, 1.807) is 19.1 Å². The Bertz CT molecular complexity index is 1500. The maximum Gasteiger partial charge on any atom is 0.296 e. The summed E-state index contributed by atoms with van der Waals surface area (Å²) in [5.41, 5.74) is 1.16. The molecule has 4 aromatic rings. The number of thioether (sulfide) groups is 1. The Morgan fingerprint density at radius 1 is 1.17 bits per heavy atom. The number of rotatable bonds is 7. The molecule has 2 aromatic heterocycles. The zero-order chi connectivity index (χ0) is 25.4. The molecule has 1 aliphatic rings. The van der Waals surface area contributed by atoms with Gasteiger partial charge in [0.05, 0.1) is 11.6 Å². The minimum absolute atomic E-state index is 0.0240. The van der Waals surface area contributed by atoms with Gasteiger partial charge in [-0.05, 0) is 48.4 Å². The van der Waals surface area contributed by atoms with E-state index in [0.29, 0.717) is 26.4 Å². The lowest BCUT2D eigenvalue weighted by atomic mass is 9.95. The number of anilines is 1. The smallest absolute Gasteiger partial charge is 0.296 e. The Hall–Kier alpha value is -3.47. The summed E-state index contributed by atoms with van der Waals surface area (Å²) < 4.78 is 19.7. The van der Waals surface area contributed by atoms with E-state index in [2.05, 4.69) is 10.2 Å². The minimum Gasteiger partial charge on any atom is -0.503 e. The lowest BCUT2D eigenvalue weighted by Gasteiger charge is -2.23. The Morgan fingerprint density at radius 2 is 1.92 bits per heavy atom. The number of hydrogen-bond donors (Lipinski definition) is 1. The van der Waals surface area contributed by atoms with E-state index in [4.69, 9.17) is 16.0 Å². The molecule has 3 heterocycles. The number of hydrogen-bond acceptors (Lipinski definition) is 8. The van der Waals surface area contributed by atoms with Crippen molar-refractivity contribution < 1.29 is 23.5 Å². The van der Waals surface area contributed by atoms with Gasteiger partial charge in [-0.3, -0.25) is 14.5 Å². The number of halogens is 2. The molecule has 36 heavy (non-hydrogen) atoms. The molecule has 0 saturated heterocycles. The van der Waals surface area contributed by atoms with Gasteiger partial charge in [-0.1, -0.05) is 65.0 Å². The van der Waals surface area contributed by atoms with Gasteiger partial charge in [-0.15, -0.1) is 10.2 Å². The van der Waals surface area contributed by atoms with Gasteiger partial charge < -0.3 is 9.52 Å². The molecule has 0 saturated carbocycles. The zero-order valence-electron chi connectivity index (χ0n) is 18.6. The van der Waals surface area contributed by atoms with Crippen molar-refractivity contribution in [2.24, 2.45) is 0 Å². The second-order valence-corrected chi connectivity index (χ2v) is 10.4. The highest BCUT2D eigenvalue weighted by Crippen LogP contribution is 2.44. The summed E-state index contributed by atoms with van der Waals surface area (Å²) >= 11 is 8.75. The van der Waals surface area contributed by atoms with Crippen LogP contribution >= 0.6 is 34.7 Å². The molecule has 0 radical (unpaired) electrons. The predicted octanol–water partition coefficient (Wildman–Crippen LogP) is 6.31. The molecule has 0 aliphatic carbocycles. The van der Waals surface area contributed by atoms with Crippen molar-refractivity contribution in [3.05, 3.63) is 105 Å². The van der Waals surface area contributed by atoms with Crippen molar-refractivity contribution in [3.8, 4) is 0 Å². The number of furan rings is 1. The Balaban J connectivity index is 1.50. The van der Waals surface area contributed by atoms with Crippen molar-refractivity contribution in [3.63, 3.8) is 0 Å². The predicted molar refractivity (Wildman–Crippen MR) is 135 cm³/mol. The van der Waals surface area contributed by atoms with Crippen LogP contribution in [0.4, 0.5) is 9.52 Å². The Kier molecular flexibility index (Phi) is 6.65. The second-order valence-electron chi connectivity index (χ2n) is 7.86. The highest BCUT2D eigenvalue weighted by molar-refractivity contribution is 8.00. The van der Waals surface area contributed by atoms with Crippen LogP contribution < -0.4 is 4.90 Å². The van der Waals surface area contributed by atoms with Crippen LogP contribution in [0.3, 0.4) is 0 Å². The summed E-state index contributed by atoms with van der Waals surface area (Å²) in [7, 11) is 0. The molecule has 1 atom stereocenters. The fourth-order valence-corrected chi connectivity index (χ4v) is 5.95. The van der Waals surface area contributed by atoms with E-state index >= 15 is 0 Å². The van der Waals surface area contributed by atoms with Gasteiger partial charge in [0.15, 0.2) is 15.9 Å². The summed E-state index contributed by atoms with van der Waals surface area (Å²) in [5.74, 6) is -1.64. The SMILES string of the molecule is Cc1ccc(C(=O)C2=C(O)C(=O)N(c3nnc(SCc4ccccc4Cl)s3)C2c2ccc(F)cc2)o1. The summed E-state index contributed by atoms with van der Waals surface area (Å²) in [6.07, 6.45) is 0. The molecule has 7 nitrogen and oxygen atoms in total. The number of carbonyl (C=O) groups is 2. The van der Waals surface area contributed by atoms with Crippen LogP contribution in [-0.2, 0) is 10.5 Å². The minimum atomic E-state index is -1.05. The maximum atomic E-state index is 13.7. The topological polar surface area (TPSA) is 96.5 Å². The van der Waals surface area contributed by atoms with Crippen LogP contribution in [0.5, 0.6) is 0 Å². The number of aryl methyl sites for hydroxylation is 1. The average Bonchev–Trinajstić information content (AvgIpc) is 3.57. The van der Waals surface area contributed by atoms with Crippen LogP contribution in [0.1, 0.15) is 33.5 Å². The molecule has 1 amide bonds. The largest absolute Gasteiger partial charge is 0.503 e. The van der Waals surface area contributed by atoms with Gasteiger partial charge >= 0.3 is 0 Å². The fourth-order valence-electron chi connectivity index (χ4n) is 3.80. The first-order chi connectivity index (χ1) is 17.3. The molecular weight excluding hydrogens is 525 g/mol. The summed E-state index contributed by atoms with van der Waals surface area (Å²) in [6, 6.07) is 14.8. The van der Waals surface area contributed by atoms with Crippen molar-refractivity contribution in [1.82, 2.24) is 10.2 Å². The third kappa shape index (κ3) is 4.55. The second kappa shape index (κ2) is 9.88. The van der Waals surface area contributed by atoms with Crippen molar-refractivity contribution in [2.45, 2.75) is 23.1 Å². The van der Waals surface area contributed by atoms with Gasteiger partial charge in [-0.25, -0.2) is 4.39 Å². The number of aromatic nitrogens is 2. The summed E-state index contributed by atoms with van der Waals surface area (Å²) in [5, 5.41) is 19.9. The van der Waals surface area contributed by atoms with E-state index in [1.165, 1.54) is 47.0 Å². The quantitative estimate of drug-likeness (QED) is 0.166. The highest BCUT2D eigenvalue weighted by atomic mass is 35.5. The first-order valence-corrected chi connectivity index (χ1v) is 12.8. The zero-order valence-corrected chi connectivity index (χ0v) is 21.0. The molecule has 11 heteroatoms. The number of ketones is 1. The van der Waals surface area contributed by atoms with Gasteiger partial charge in [0.25, 0.3) is 5.91 Å². The standard InChI is InChI=1S/C25H17ClFN3O4S2/c1-13-6-11-18(34-13)21(31)19-20(14-7-9-16(27)10-8-14)30(23(33)22(19)32)24-28-29-25(36-24)35-12-15-4-2-3-5-17(15)26/h2-11,20,32H,12H2,1H3. The first kappa shape index (κ1) is 24.2. The molecular formula is C25H17ClFN3O4S2. The molecule has 2 aromatic carbocycles. The number of aliphatic hydroxyl groups excluding tert-OH is 1. The number of aliphatic hydroxyl groups is 1. The van der Waals surface area contributed by atoms with Gasteiger partial charge in [-0.2, -0.15) is 0 Å². The van der Waals surface area contributed by atoms with E-state index < -0.39 is 29.3 Å². The highest BCUT2D eigenvalue weighted by Gasteiger charge is 2.46. The lowest BCUT2D eigenvalue weighted by molar-refractivity contribution is -0.117. The van der Waals surface area contributed by atoms with E-state index in [1.807, 2.05) is 18.2 Å². The lowest BCUT2D eigenvalue weighted by Crippen LogP contribution is -2.31. The Morgan fingerprint density at radius 3 is 2.61 bits per heavy atom. The summed E-state index contributed by atoms with van der Waals surface area (Å²) in [4.78, 5) is 27.7. The van der Waals surface area contributed by atoms with Crippen LogP contribution in [-0.4, -0.2) is 27.0 Å². The molecule has 0 bridgehead atoms. The number of carbonyl (C=O) groups excluding carboxylic acids is 2. The van der Waals surface area contributed by atoms with E-state index in [0.717, 1.165) is 16.9 Å². The number of nitrogens with zero attached hydrogens (tertiary/aromatic N) is 3. The molecule has 1 unspecified atom stereocenters. The summed E-state index contributed by atoms with van der Waals surface area (Å²) in [6.45, 7) is 1.68. The van der Waals surface area contributed by atoms with Gasteiger partial charge in [0.2, 0.25) is 10.9 Å². The maximum absolute atomic E-state index is 13.7. The van der Waals surface area contributed by atoms with Crippen molar-refractivity contribution in [1.29, 1.82) is 0 Å². The molecule has 1 aliphatic heterocycles. The third-order valence-corrected chi connectivity index (χ3v) is 7.99. The molecule has 182 valence electrons. The molecule has 5 rings (SSSR count). The van der Waals surface area contributed by atoms with Gasteiger partial charge in [0, 0.05) is 10.8 Å². The average molecular weight is 542 g/mol. The van der Waals surface area contributed by atoms with Crippen LogP contribution in [0.15, 0.2) is 80.8 Å². The monoisotopic (exact) mass is 541 g/mol. The molecule has 1 N–H and O–H groups in total.